The molecule has 0 radical (unpaired) electrons. The van der Waals surface area contributed by atoms with Crippen LogP contribution in [0.25, 0.3) is 0 Å². The molecule has 108 valence electrons. The smallest absolute Gasteiger partial charge is 0.239 e. The lowest BCUT2D eigenvalue weighted by Crippen LogP contribution is -2.42. The summed E-state index contributed by atoms with van der Waals surface area (Å²) in [5, 5.41) is 6.15. The number of carbonyl (C=O) groups excluding carboxylic acids is 2. The number of amides is 2. The molecule has 1 aliphatic heterocycles. The molecule has 0 bridgehead atoms. The number of nitrogens with zero attached hydrogens (tertiary/aromatic N) is 1. The van der Waals surface area contributed by atoms with E-state index < -0.39 is 0 Å². The number of piperidine rings is 1. The fraction of sp³-hybridized carbons (Fsp3) is 0.857. The SMILES string of the molecule is CC(C)NC(=O)CN(C)C(=O)C1CC12CCNCC2. The third-order valence-corrected chi connectivity index (χ3v) is 4.29. The highest BCUT2D eigenvalue weighted by Gasteiger charge is 2.58. The summed E-state index contributed by atoms with van der Waals surface area (Å²) < 4.78 is 0. The number of hydrogen-bond donors (Lipinski definition) is 2. The molecule has 1 saturated heterocycles. The highest BCUT2D eigenvalue weighted by atomic mass is 16.2. The minimum absolute atomic E-state index is 0.0779. The van der Waals surface area contributed by atoms with Crippen LogP contribution in [0.2, 0.25) is 0 Å². The first-order valence-corrected chi connectivity index (χ1v) is 7.20. The molecule has 1 heterocycles. The molecular formula is C14H25N3O2. The number of rotatable bonds is 4. The van der Waals surface area contributed by atoms with Gasteiger partial charge in [0.1, 0.15) is 0 Å². The van der Waals surface area contributed by atoms with Crippen molar-refractivity contribution in [1.29, 1.82) is 0 Å². The molecule has 1 saturated carbocycles. The first-order valence-electron chi connectivity index (χ1n) is 7.20. The Morgan fingerprint density at radius 3 is 2.58 bits per heavy atom. The van der Waals surface area contributed by atoms with E-state index in [4.69, 9.17) is 0 Å². The van der Waals surface area contributed by atoms with Crippen LogP contribution in [0.3, 0.4) is 0 Å². The number of nitrogens with one attached hydrogen (secondary N) is 2. The second-order valence-electron chi connectivity index (χ2n) is 6.29. The van der Waals surface area contributed by atoms with Gasteiger partial charge in [-0.25, -0.2) is 0 Å². The van der Waals surface area contributed by atoms with Crippen molar-refractivity contribution in [3.63, 3.8) is 0 Å². The molecule has 1 atom stereocenters. The van der Waals surface area contributed by atoms with E-state index in [0.717, 1.165) is 32.4 Å². The van der Waals surface area contributed by atoms with Gasteiger partial charge in [-0.05, 0) is 51.6 Å². The van der Waals surface area contributed by atoms with Gasteiger partial charge >= 0.3 is 0 Å². The Morgan fingerprint density at radius 2 is 2.00 bits per heavy atom. The summed E-state index contributed by atoms with van der Waals surface area (Å²) in [6, 6.07) is 0.118. The van der Waals surface area contributed by atoms with E-state index in [2.05, 4.69) is 10.6 Å². The van der Waals surface area contributed by atoms with Crippen molar-refractivity contribution in [2.45, 2.75) is 39.2 Å². The van der Waals surface area contributed by atoms with Crippen LogP contribution in [0.15, 0.2) is 0 Å². The van der Waals surface area contributed by atoms with Gasteiger partial charge in [-0.1, -0.05) is 0 Å². The number of likely N-dealkylation sites (N-methyl/N-ethyl adjacent to an activating group) is 1. The average Bonchev–Trinajstić information content (AvgIpc) is 3.01. The molecule has 5 nitrogen and oxygen atoms in total. The Labute approximate surface area is 115 Å². The highest BCUT2D eigenvalue weighted by Crippen LogP contribution is 2.59. The second kappa shape index (κ2) is 5.49. The number of hydrogen-bond acceptors (Lipinski definition) is 3. The van der Waals surface area contributed by atoms with E-state index in [-0.39, 0.29) is 35.7 Å². The third-order valence-electron chi connectivity index (χ3n) is 4.29. The molecule has 0 aromatic rings. The molecule has 0 aromatic carbocycles. The first-order chi connectivity index (χ1) is 8.94. The largest absolute Gasteiger partial charge is 0.352 e. The van der Waals surface area contributed by atoms with Gasteiger partial charge in [0.15, 0.2) is 0 Å². The molecule has 1 spiro atoms. The molecule has 2 rings (SSSR count). The van der Waals surface area contributed by atoms with E-state index in [1.54, 1.807) is 11.9 Å². The summed E-state index contributed by atoms with van der Waals surface area (Å²) in [7, 11) is 1.73. The van der Waals surface area contributed by atoms with E-state index in [0.29, 0.717) is 0 Å². The summed E-state index contributed by atoms with van der Waals surface area (Å²) in [4.78, 5) is 25.6. The zero-order chi connectivity index (χ0) is 14.0. The van der Waals surface area contributed by atoms with Gasteiger partial charge in [0.05, 0.1) is 6.54 Å². The van der Waals surface area contributed by atoms with Crippen molar-refractivity contribution >= 4 is 11.8 Å². The molecular weight excluding hydrogens is 242 g/mol. The lowest BCUT2D eigenvalue weighted by atomic mass is 9.91. The molecule has 1 unspecified atom stereocenters. The summed E-state index contributed by atoms with van der Waals surface area (Å²) in [5.41, 5.74) is 0.241. The minimum Gasteiger partial charge on any atom is -0.352 e. The third kappa shape index (κ3) is 3.26. The predicted molar refractivity (Wildman–Crippen MR) is 73.6 cm³/mol. The fourth-order valence-electron chi connectivity index (χ4n) is 3.10. The Bertz CT molecular complexity index is 362. The Balaban J connectivity index is 1.82. The van der Waals surface area contributed by atoms with Gasteiger partial charge in [0.2, 0.25) is 11.8 Å². The molecule has 0 aromatic heterocycles. The quantitative estimate of drug-likeness (QED) is 0.773. The summed E-state index contributed by atoms with van der Waals surface area (Å²) in [6.45, 7) is 6.04. The molecule has 2 N–H and O–H groups in total. The van der Waals surface area contributed by atoms with Crippen molar-refractivity contribution in [2.24, 2.45) is 11.3 Å². The van der Waals surface area contributed by atoms with E-state index in [1.165, 1.54) is 0 Å². The zero-order valence-corrected chi connectivity index (χ0v) is 12.2. The van der Waals surface area contributed by atoms with Gasteiger partial charge < -0.3 is 15.5 Å². The maximum atomic E-state index is 12.3. The van der Waals surface area contributed by atoms with Crippen molar-refractivity contribution in [3.05, 3.63) is 0 Å². The van der Waals surface area contributed by atoms with Gasteiger partial charge in [-0.15, -0.1) is 0 Å². The topological polar surface area (TPSA) is 61.4 Å². The van der Waals surface area contributed by atoms with E-state index in [1.807, 2.05) is 13.8 Å². The lowest BCUT2D eigenvalue weighted by molar-refractivity contribution is -0.136. The van der Waals surface area contributed by atoms with Crippen molar-refractivity contribution in [2.75, 3.05) is 26.7 Å². The van der Waals surface area contributed by atoms with Crippen LogP contribution in [-0.4, -0.2) is 49.4 Å². The first kappa shape index (κ1) is 14.3. The van der Waals surface area contributed by atoms with E-state index >= 15 is 0 Å². The van der Waals surface area contributed by atoms with Crippen LogP contribution in [0, 0.1) is 11.3 Å². The van der Waals surface area contributed by atoms with Crippen molar-refractivity contribution in [1.82, 2.24) is 15.5 Å². The fourth-order valence-corrected chi connectivity index (χ4v) is 3.10. The summed E-state index contributed by atoms with van der Waals surface area (Å²) >= 11 is 0. The maximum absolute atomic E-state index is 12.3. The van der Waals surface area contributed by atoms with Crippen LogP contribution in [0.5, 0.6) is 0 Å². The van der Waals surface area contributed by atoms with Gasteiger partial charge in [0.25, 0.3) is 0 Å². The normalized spacial score (nSPS) is 24.3. The molecule has 5 heteroatoms. The highest BCUT2D eigenvalue weighted by molar-refractivity contribution is 5.87. The second-order valence-corrected chi connectivity index (χ2v) is 6.29. The predicted octanol–water partition coefficient (Wildman–Crippen LogP) is 0.359. The number of carbonyl (C=O) groups is 2. The van der Waals surface area contributed by atoms with Crippen LogP contribution < -0.4 is 10.6 Å². The monoisotopic (exact) mass is 267 g/mol. The van der Waals surface area contributed by atoms with E-state index in [9.17, 15) is 9.59 Å². The standard InChI is InChI=1S/C14H25N3O2/c1-10(2)16-12(18)9-17(3)13(19)11-8-14(11)4-6-15-7-5-14/h10-11,15H,4-9H2,1-3H3,(H,16,18). The Kier molecular flexibility index (Phi) is 4.13. The maximum Gasteiger partial charge on any atom is 0.239 e. The average molecular weight is 267 g/mol. The lowest BCUT2D eigenvalue weighted by Gasteiger charge is -2.25. The minimum atomic E-state index is -0.0779. The molecule has 1 aliphatic carbocycles. The zero-order valence-electron chi connectivity index (χ0n) is 12.2. The van der Waals surface area contributed by atoms with Crippen molar-refractivity contribution < 1.29 is 9.59 Å². The van der Waals surface area contributed by atoms with Gasteiger partial charge in [-0.2, -0.15) is 0 Å². The van der Waals surface area contributed by atoms with Crippen molar-refractivity contribution in [3.8, 4) is 0 Å². The Morgan fingerprint density at radius 1 is 1.37 bits per heavy atom. The van der Waals surface area contributed by atoms with Gasteiger partial charge in [0, 0.05) is 19.0 Å². The molecule has 2 fully saturated rings. The molecule has 2 aliphatic rings. The Hall–Kier alpha value is -1.10. The van der Waals surface area contributed by atoms with Crippen LogP contribution in [-0.2, 0) is 9.59 Å². The molecule has 2 amide bonds. The van der Waals surface area contributed by atoms with Crippen LogP contribution in [0.1, 0.15) is 33.1 Å². The van der Waals surface area contributed by atoms with Crippen LogP contribution >= 0.6 is 0 Å². The van der Waals surface area contributed by atoms with Crippen LogP contribution in [0.4, 0.5) is 0 Å². The summed E-state index contributed by atoms with van der Waals surface area (Å²) in [5.74, 6) is 0.207. The van der Waals surface area contributed by atoms with Gasteiger partial charge in [-0.3, -0.25) is 9.59 Å². The molecule has 19 heavy (non-hydrogen) atoms. The summed E-state index contributed by atoms with van der Waals surface area (Å²) in [6.07, 6.45) is 3.19.